The van der Waals surface area contributed by atoms with E-state index in [2.05, 4.69) is 22.5 Å². The predicted molar refractivity (Wildman–Crippen MR) is 92.4 cm³/mol. The molecule has 1 saturated heterocycles. The van der Waals surface area contributed by atoms with Crippen LogP contribution in [-0.2, 0) is 4.74 Å². The molecule has 2 atom stereocenters. The minimum absolute atomic E-state index is 0.120. The molecule has 0 aromatic heterocycles. The molecule has 2 unspecified atom stereocenters. The summed E-state index contributed by atoms with van der Waals surface area (Å²) in [5.41, 5.74) is 1.07. The largest absolute Gasteiger partial charge is 0.375 e. The van der Waals surface area contributed by atoms with Crippen LogP contribution in [0.25, 0.3) is 0 Å². The number of rotatable bonds is 7. The molecule has 1 heterocycles. The number of piperidine rings is 1. The van der Waals surface area contributed by atoms with Crippen LogP contribution < -0.4 is 10.6 Å². The molecule has 0 saturated carbocycles. The number of urea groups is 1. The van der Waals surface area contributed by atoms with Crippen LogP contribution in [0.1, 0.15) is 31.4 Å². The number of nitrogens with one attached hydrogen (secondary N) is 2. The van der Waals surface area contributed by atoms with Crippen LogP contribution in [0.5, 0.6) is 0 Å². The molecule has 128 valence electrons. The summed E-state index contributed by atoms with van der Waals surface area (Å²) in [4.78, 5) is 14.3. The SMILES string of the molecule is COC(CNC(=O)NCCN1CCCC(C)C1)c1ccccc1. The molecular formula is C18H29N3O2. The van der Waals surface area contributed by atoms with Gasteiger partial charge in [0.25, 0.3) is 0 Å². The Kier molecular flexibility index (Phi) is 7.36. The second-order valence-corrected chi connectivity index (χ2v) is 6.32. The molecule has 5 heteroatoms. The lowest BCUT2D eigenvalue weighted by Gasteiger charge is -2.30. The molecule has 1 aliphatic heterocycles. The van der Waals surface area contributed by atoms with E-state index >= 15 is 0 Å². The Morgan fingerprint density at radius 3 is 2.83 bits per heavy atom. The minimum Gasteiger partial charge on any atom is -0.375 e. The van der Waals surface area contributed by atoms with Gasteiger partial charge in [0.2, 0.25) is 0 Å². The predicted octanol–water partition coefficient (Wildman–Crippen LogP) is 2.41. The Labute approximate surface area is 139 Å². The summed E-state index contributed by atoms with van der Waals surface area (Å²) in [5.74, 6) is 0.769. The minimum atomic E-state index is -0.131. The number of amides is 2. The van der Waals surface area contributed by atoms with Gasteiger partial charge in [0.1, 0.15) is 0 Å². The van der Waals surface area contributed by atoms with E-state index in [0.29, 0.717) is 13.1 Å². The first kappa shape index (κ1) is 17.8. The molecule has 1 aromatic rings. The second kappa shape index (κ2) is 9.53. The van der Waals surface area contributed by atoms with E-state index in [1.54, 1.807) is 7.11 Å². The zero-order valence-corrected chi connectivity index (χ0v) is 14.3. The number of hydrogen-bond acceptors (Lipinski definition) is 3. The molecule has 0 radical (unpaired) electrons. The maximum atomic E-state index is 11.9. The van der Waals surface area contributed by atoms with Crippen molar-refractivity contribution in [2.45, 2.75) is 25.9 Å². The van der Waals surface area contributed by atoms with Gasteiger partial charge in [-0.25, -0.2) is 4.79 Å². The summed E-state index contributed by atoms with van der Waals surface area (Å²) >= 11 is 0. The summed E-state index contributed by atoms with van der Waals surface area (Å²) in [6.45, 7) is 6.65. The molecule has 2 rings (SSSR count). The number of methoxy groups -OCH3 is 1. The van der Waals surface area contributed by atoms with E-state index in [1.807, 2.05) is 30.3 Å². The number of hydrogen-bond donors (Lipinski definition) is 2. The Morgan fingerprint density at radius 2 is 2.13 bits per heavy atom. The Bertz CT molecular complexity index is 467. The van der Waals surface area contributed by atoms with Gasteiger partial charge >= 0.3 is 6.03 Å². The van der Waals surface area contributed by atoms with Gasteiger partial charge in [-0.1, -0.05) is 37.3 Å². The third-order valence-electron chi connectivity index (χ3n) is 4.36. The Morgan fingerprint density at radius 1 is 1.35 bits per heavy atom. The summed E-state index contributed by atoms with van der Waals surface area (Å²) in [7, 11) is 1.66. The summed E-state index contributed by atoms with van der Waals surface area (Å²) in [6, 6.07) is 9.80. The first-order valence-corrected chi connectivity index (χ1v) is 8.51. The number of carbonyl (C=O) groups is 1. The lowest BCUT2D eigenvalue weighted by atomic mass is 10.0. The highest BCUT2D eigenvalue weighted by atomic mass is 16.5. The number of ether oxygens (including phenoxy) is 1. The van der Waals surface area contributed by atoms with E-state index in [1.165, 1.54) is 12.8 Å². The molecule has 2 N–H and O–H groups in total. The zero-order valence-electron chi connectivity index (χ0n) is 14.3. The van der Waals surface area contributed by atoms with Crippen molar-refractivity contribution in [1.29, 1.82) is 0 Å². The molecule has 1 aromatic carbocycles. The first-order valence-electron chi connectivity index (χ1n) is 8.51. The van der Waals surface area contributed by atoms with Gasteiger partial charge in [0.15, 0.2) is 0 Å². The van der Waals surface area contributed by atoms with Crippen molar-refractivity contribution in [3.63, 3.8) is 0 Å². The van der Waals surface area contributed by atoms with Crippen LogP contribution in [0.15, 0.2) is 30.3 Å². The van der Waals surface area contributed by atoms with Crippen molar-refractivity contribution in [2.24, 2.45) is 5.92 Å². The van der Waals surface area contributed by atoms with Crippen molar-refractivity contribution in [1.82, 2.24) is 15.5 Å². The van der Waals surface area contributed by atoms with Crippen LogP contribution >= 0.6 is 0 Å². The van der Waals surface area contributed by atoms with E-state index in [4.69, 9.17) is 4.74 Å². The lowest BCUT2D eigenvalue weighted by Crippen LogP contribution is -2.43. The molecule has 23 heavy (non-hydrogen) atoms. The number of nitrogens with zero attached hydrogens (tertiary/aromatic N) is 1. The van der Waals surface area contributed by atoms with Gasteiger partial charge in [-0.15, -0.1) is 0 Å². The summed E-state index contributed by atoms with van der Waals surface area (Å²) < 4.78 is 5.45. The molecule has 0 spiro atoms. The van der Waals surface area contributed by atoms with Crippen LogP contribution in [0.3, 0.4) is 0 Å². The van der Waals surface area contributed by atoms with Crippen molar-refractivity contribution in [3.8, 4) is 0 Å². The van der Waals surface area contributed by atoms with Gasteiger partial charge in [0.05, 0.1) is 6.10 Å². The van der Waals surface area contributed by atoms with Gasteiger partial charge in [0, 0.05) is 33.3 Å². The van der Waals surface area contributed by atoms with Crippen LogP contribution in [0.2, 0.25) is 0 Å². The summed E-state index contributed by atoms with van der Waals surface area (Å²) in [5, 5.41) is 5.81. The van der Waals surface area contributed by atoms with Crippen LogP contribution in [-0.4, -0.2) is 50.8 Å². The fraction of sp³-hybridized carbons (Fsp3) is 0.611. The van der Waals surface area contributed by atoms with Crippen molar-refractivity contribution in [3.05, 3.63) is 35.9 Å². The van der Waals surface area contributed by atoms with Gasteiger partial charge in [-0.05, 0) is 30.9 Å². The van der Waals surface area contributed by atoms with E-state index in [0.717, 1.165) is 31.1 Å². The molecule has 5 nitrogen and oxygen atoms in total. The molecular weight excluding hydrogens is 290 g/mol. The third-order valence-corrected chi connectivity index (χ3v) is 4.36. The maximum absolute atomic E-state index is 11.9. The van der Waals surface area contributed by atoms with E-state index < -0.39 is 0 Å². The Balaban J connectivity index is 1.64. The smallest absolute Gasteiger partial charge is 0.314 e. The van der Waals surface area contributed by atoms with Crippen molar-refractivity contribution >= 4 is 6.03 Å². The van der Waals surface area contributed by atoms with E-state index in [9.17, 15) is 4.79 Å². The fourth-order valence-electron chi connectivity index (χ4n) is 3.07. The normalized spacial score (nSPS) is 20.0. The molecule has 1 fully saturated rings. The highest BCUT2D eigenvalue weighted by Gasteiger charge is 2.16. The van der Waals surface area contributed by atoms with Crippen molar-refractivity contribution in [2.75, 3.05) is 39.8 Å². The van der Waals surface area contributed by atoms with Gasteiger partial charge in [-0.3, -0.25) is 0 Å². The quantitative estimate of drug-likeness (QED) is 0.811. The maximum Gasteiger partial charge on any atom is 0.314 e. The second-order valence-electron chi connectivity index (χ2n) is 6.32. The zero-order chi connectivity index (χ0) is 16.5. The average Bonchev–Trinajstić information content (AvgIpc) is 2.56. The highest BCUT2D eigenvalue weighted by molar-refractivity contribution is 5.73. The van der Waals surface area contributed by atoms with Gasteiger partial charge in [-0.2, -0.15) is 0 Å². The molecule has 1 aliphatic rings. The number of benzene rings is 1. The van der Waals surface area contributed by atoms with Crippen LogP contribution in [0, 0.1) is 5.92 Å². The number of likely N-dealkylation sites (tertiary alicyclic amines) is 1. The van der Waals surface area contributed by atoms with E-state index in [-0.39, 0.29) is 12.1 Å². The van der Waals surface area contributed by atoms with Gasteiger partial charge < -0.3 is 20.3 Å². The first-order chi connectivity index (χ1) is 11.2. The highest BCUT2D eigenvalue weighted by Crippen LogP contribution is 2.15. The monoisotopic (exact) mass is 319 g/mol. The van der Waals surface area contributed by atoms with Crippen LogP contribution in [0.4, 0.5) is 4.79 Å². The molecule has 0 bridgehead atoms. The van der Waals surface area contributed by atoms with Crippen molar-refractivity contribution < 1.29 is 9.53 Å². The molecule has 0 aliphatic carbocycles. The average molecular weight is 319 g/mol. The standard InChI is InChI=1S/C18H29N3O2/c1-15-7-6-11-21(14-15)12-10-19-18(22)20-13-17(23-2)16-8-4-3-5-9-16/h3-5,8-9,15,17H,6-7,10-14H2,1-2H3,(H2,19,20,22). The molecule has 2 amide bonds. The third kappa shape index (κ3) is 6.20. The fourth-order valence-corrected chi connectivity index (χ4v) is 3.07. The lowest BCUT2D eigenvalue weighted by molar-refractivity contribution is 0.104. The Hall–Kier alpha value is -1.59. The number of carbonyl (C=O) groups excluding carboxylic acids is 1. The summed E-state index contributed by atoms with van der Waals surface area (Å²) in [6.07, 6.45) is 2.47. The topological polar surface area (TPSA) is 53.6 Å².